The van der Waals surface area contributed by atoms with Crippen molar-refractivity contribution in [2.24, 2.45) is 0 Å². The fourth-order valence-corrected chi connectivity index (χ4v) is 13.6. The number of halogens is 3. The molecule has 4 heterocycles. The highest BCUT2D eigenvalue weighted by atomic mass is 35.5. The van der Waals surface area contributed by atoms with Crippen molar-refractivity contribution in [1.82, 2.24) is 40.8 Å². The number of aromatic nitrogens is 8. The fourth-order valence-electron chi connectivity index (χ4n) is 13.5. The van der Waals surface area contributed by atoms with E-state index in [0.717, 1.165) is 141 Å². The number of methoxy groups -OCH3 is 4. The minimum Gasteiger partial charge on any atom is -0.496 e. The second-order valence-electron chi connectivity index (χ2n) is 26.7. The molecule has 0 unspecified atom stereocenters. The van der Waals surface area contributed by atoms with Crippen LogP contribution >= 0.6 is 11.6 Å². The van der Waals surface area contributed by atoms with Gasteiger partial charge in [0.15, 0.2) is 23.1 Å². The van der Waals surface area contributed by atoms with Gasteiger partial charge in [-0.15, -0.1) is 0 Å². The molecule has 20 heteroatoms. The van der Waals surface area contributed by atoms with Crippen LogP contribution in [0.5, 0.6) is 23.0 Å². The molecule has 0 spiro atoms. The van der Waals surface area contributed by atoms with Gasteiger partial charge in [0.1, 0.15) is 34.6 Å². The Labute approximate surface area is 621 Å². The maximum Gasteiger partial charge on any atom is 0.189 e. The molecule has 0 amide bonds. The first-order valence-corrected chi connectivity index (χ1v) is 34.9. The fraction of sp³-hybridized carbons (Fsp3) is 0.172. The number of benzene rings is 8. The van der Waals surface area contributed by atoms with Crippen LogP contribution in [-0.2, 0) is 32.3 Å². The maximum absolute atomic E-state index is 14.2. The molecule has 17 nitrogen and oxygen atoms in total. The number of nitrogens with zero attached hydrogens (tertiary/aromatic N) is 4. The highest BCUT2D eigenvalue weighted by Gasteiger charge is 2.31. The number of aryl methyl sites for hydroxylation is 6. The molecule has 0 saturated carbocycles. The molecule has 0 radical (unpaired) electrons. The van der Waals surface area contributed by atoms with Gasteiger partial charge >= 0.3 is 0 Å². The summed E-state index contributed by atoms with van der Waals surface area (Å²) < 4.78 is 48.7. The van der Waals surface area contributed by atoms with Crippen LogP contribution in [-0.4, -0.2) is 97.5 Å². The number of allylic oxidation sites excluding steroid dienone is 4. The summed E-state index contributed by atoms with van der Waals surface area (Å²) in [6, 6.07) is 47.3. The first-order chi connectivity index (χ1) is 51.5. The van der Waals surface area contributed by atoms with Gasteiger partial charge in [-0.25, -0.2) is 8.78 Å². The van der Waals surface area contributed by atoms with Crippen LogP contribution < -0.4 is 18.9 Å². The topological polar surface area (TPSA) is 240 Å². The number of aliphatic hydroxyl groups excluding tert-OH is 1. The molecule has 0 aliphatic heterocycles. The number of ether oxygens (including phenoxy) is 4. The zero-order valence-corrected chi connectivity index (χ0v) is 61.2. The average molecular weight is 1450 g/mol. The summed E-state index contributed by atoms with van der Waals surface area (Å²) >= 11 is 5.93. The Morgan fingerprint density at radius 2 is 0.701 bits per heavy atom. The number of aliphatic hydroxyl groups is 1. The lowest BCUT2D eigenvalue weighted by Crippen LogP contribution is -1.97. The predicted octanol–water partition coefficient (Wildman–Crippen LogP) is 17.9. The quantitative estimate of drug-likeness (QED) is 0.0676. The second kappa shape index (κ2) is 31.1. The Morgan fingerprint density at radius 1 is 0.374 bits per heavy atom. The third kappa shape index (κ3) is 15.7. The van der Waals surface area contributed by atoms with Crippen molar-refractivity contribution < 1.29 is 52.0 Å². The van der Waals surface area contributed by atoms with Crippen molar-refractivity contribution in [2.45, 2.75) is 73.8 Å². The number of rotatable bonds is 13. The molecular weight excluding hydrogens is 1370 g/mol. The van der Waals surface area contributed by atoms with Crippen molar-refractivity contribution in [3.05, 3.63) is 303 Å². The number of hydrogen-bond acceptors (Lipinski definition) is 13. The van der Waals surface area contributed by atoms with E-state index in [-0.39, 0.29) is 35.6 Å². The van der Waals surface area contributed by atoms with Gasteiger partial charge in [0.25, 0.3) is 0 Å². The number of ketones is 4. The summed E-state index contributed by atoms with van der Waals surface area (Å²) in [6.07, 6.45) is 9.64. The lowest BCUT2D eigenvalue weighted by Gasteiger charge is -2.06. The first-order valence-electron chi connectivity index (χ1n) is 34.5. The largest absolute Gasteiger partial charge is 0.496 e. The molecule has 0 saturated heterocycles. The van der Waals surface area contributed by atoms with Gasteiger partial charge < -0.3 is 24.1 Å². The van der Waals surface area contributed by atoms with E-state index in [9.17, 15) is 28.0 Å². The highest BCUT2D eigenvalue weighted by molar-refractivity contribution is 6.30. The van der Waals surface area contributed by atoms with Crippen LogP contribution in [0.4, 0.5) is 8.78 Å². The molecule has 538 valence electrons. The zero-order chi connectivity index (χ0) is 75.5. The molecule has 8 aromatic carbocycles. The number of carbonyl (C=O) groups excluding carboxylic acids is 4. The normalized spacial score (nSPS) is 14.7. The van der Waals surface area contributed by atoms with E-state index in [1.807, 2.05) is 137 Å². The van der Waals surface area contributed by atoms with E-state index in [4.69, 9.17) is 35.7 Å². The Kier molecular flexibility index (Phi) is 21.2. The van der Waals surface area contributed by atoms with Crippen molar-refractivity contribution in [2.75, 3.05) is 28.4 Å². The number of hydrogen-bond donors (Lipinski definition) is 5. The lowest BCUT2D eigenvalue weighted by atomic mass is 10.0. The van der Waals surface area contributed by atoms with Crippen LogP contribution in [0.2, 0.25) is 5.02 Å². The number of H-pyrrole nitrogens is 4. The Hall–Kier alpha value is -12.5. The van der Waals surface area contributed by atoms with Crippen LogP contribution in [0.3, 0.4) is 0 Å². The Bertz CT molecular complexity index is 5490. The number of nitrogens with one attached hydrogen (secondary N) is 4. The Balaban J connectivity index is 0.000000126. The average Bonchev–Trinajstić information content (AvgIpc) is 1.65. The number of carbonyl (C=O) groups is 4. The summed E-state index contributed by atoms with van der Waals surface area (Å²) in [6.45, 7) is 11.7. The third-order valence-corrected chi connectivity index (χ3v) is 19.7. The van der Waals surface area contributed by atoms with E-state index in [1.165, 1.54) is 29.3 Å². The molecule has 12 aromatic rings. The first kappa shape index (κ1) is 72.9. The van der Waals surface area contributed by atoms with Gasteiger partial charge in [0.2, 0.25) is 0 Å². The van der Waals surface area contributed by atoms with E-state index >= 15 is 0 Å². The molecular formula is C87H75ClF2N8O9. The highest BCUT2D eigenvalue weighted by Crippen LogP contribution is 2.39. The number of aromatic amines is 4. The zero-order valence-electron chi connectivity index (χ0n) is 60.5. The van der Waals surface area contributed by atoms with Gasteiger partial charge in [-0.2, -0.15) is 20.4 Å². The van der Waals surface area contributed by atoms with Crippen molar-refractivity contribution in [3.8, 4) is 68.0 Å². The SMILES string of the molecule is COc1cc2c(cc1C)C(=O)/C(=C/c1cc(-c3ccc(C)c(C)c3)n[nH]1)C2.COc1cc2c(cc1C)C(=O)/C(=C/c1cc(-c3ccc(CO)cc3F)n[nH]1)C2.COc1cc2c(cc1C)C(=O)/C(=C/c1cc(-c3ccc(Cl)cc3)n[nH]1)C2.COc1cc2c(cc1C)C(=O)/C(=C/c1cc(-c3ccc(F)cc3)n[nH]1)C2. The van der Waals surface area contributed by atoms with Gasteiger partial charge in [0.05, 0.1) is 80.6 Å². The Morgan fingerprint density at radius 3 is 1.04 bits per heavy atom. The van der Waals surface area contributed by atoms with Gasteiger partial charge in [0, 0.05) is 97.5 Å². The molecule has 0 atom stereocenters. The van der Waals surface area contributed by atoms with Crippen LogP contribution in [0.25, 0.3) is 69.3 Å². The third-order valence-electron chi connectivity index (χ3n) is 19.4. The molecule has 4 aliphatic rings. The van der Waals surface area contributed by atoms with Gasteiger partial charge in [-0.1, -0.05) is 41.9 Å². The van der Waals surface area contributed by atoms with Gasteiger partial charge in [-0.3, -0.25) is 39.6 Å². The molecule has 0 fully saturated rings. The number of Topliss-reactive ketones (excluding diaryl/α,β-unsaturated/α-hetero) is 4. The molecule has 0 bridgehead atoms. The predicted molar refractivity (Wildman–Crippen MR) is 411 cm³/mol. The molecule has 4 aromatic heterocycles. The monoisotopic (exact) mass is 1450 g/mol. The number of fused-ring (bicyclic) bond motifs is 4. The van der Waals surface area contributed by atoms with Crippen LogP contribution in [0.1, 0.15) is 125 Å². The molecule has 16 rings (SSSR count). The van der Waals surface area contributed by atoms with Crippen molar-refractivity contribution in [3.63, 3.8) is 0 Å². The van der Waals surface area contributed by atoms with E-state index in [2.05, 4.69) is 72.8 Å². The summed E-state index contributed by atoms with van der Waals surface area (Å²) in [5.41, 5.74) is 25.6. The minimum absolute atomic E-state index is 0.0182. The summed E-state index contributed by atoms with van der Waals surface area (Å²) in [7, 11) is 6.54. The lowest BCUT2D eigenvalue weighted by molar-refractivity contribution is 0.103. The van der Waals surface area contributed by atoms with Crippen molar-refractivity contribution >= 4 is 59.0 Å². The van der Waals surface area contributed by atoms with Crippen LogP contribution in [0.15, 0.2) is 180 Å². The van der Waals surface area contributed by atoms with Crippen molar-refractivity contribution in [1.29, 1.82) is 0 Å². The standard InChI is InChI=1S/C23H22N2O2.C22H19FN2O3.C21H17ClN2O2.C21H17FN2O2/c1-13-5-6-16(7-14(13)2)21-12-19(24-25-21)10-18-9-17-11-22(27-4)15(3)8-20(17)23(18)26;1-12-5-18-14(9-21(12)28-2)7-15(22(18)27)8-16-10-20(25-24-16)17-4-3-13(11-26)6-19(17)23;2*1-12-7-18-14(10-20(12)26-2)8-15(21(18)25)9-17-11-19(24-23-17)13-3-5-16(22)6-4-13/h5-8,10-12H,9H2,1-4H3,(H,24,25);3-6,8-10,26H,7,11H2,1-2H3,(H,24,25);2*3-7,9-11H,8H2,1-2H3,(H,23,24)/b18-10+;15-8+;2*15-9+. The van der Waals surface area contributed by atoms with E-state index in [0.29, 0.717) is 75.6 Å². The summed E-state index contributed by atoms with van der Waals surface area (Å²) in [4.78, 5) is 50.9. The molecule has 5 N–H and O–H groups in total. The molecule has 107 heavy (non-hydrogen) atoms. The molecule has 4 aliphatic carbocycles. The summed E-state index contributed by atoms with van der Waals surface area (Å²) in [5.74, 6) is 2.60. The maximum atomic E-state index is 14.2. The van der Waals surface area contributed by atoms with Gasteiger partial charge in [-0.05, 0) is 254 Å². The van der Waals surface area contributed by atoms with E-state index < -0.39 is 5.82 Å². The minimum atomic E-state index is -0.454. The van der Waals surface area contributed by atoms with Crippen LogP contribution in [0, 0.1) is 53.2 Å². The second-order valence-corrected chi connectivity index (χ2v) is 27.2. The van der Waals surface area contributed by atoms with E-state index in [1.54, 1.807) is 64.8 Å². The smallest absolute Gasteiger partial charge is 0.189 e. The summed E-state index contributed by atoms with van der Waals surface area (Å²) in [5, 5.41) is 38.8.